The van der Waals surface area contributed by atoms with Crippen LogP contribution in [0.4, 0.5) is 8.78 Å². The van der Waals surface area contributed by atoms with Crippen molar-refractivity contribution in [2.75, 3.05) is 0 Å². The summed E-state index contributed by atoms with van der Waals surface area (Å²) in [6.45, 7) is 0.817. The Balaban J connectivity index is 1.74. The molecular formula is C17H14F2N2. The van der Waals surface area contributed by atoms with Gasteiger partial charge in [-0.15, -0.1) is 0 Å². The lowest BCUT2D eigenvalue weighted by atomic mass is 10.1. The molecule has 0 unspecified atom stereocenters. The second-order valence-corrected chi connectivity index (χ2v) is 4.83. The molecule has 1 N–H and O–H groups in total. The van der Waals surface area contributed by atoms with Crippen LogP contribution in [0, 0.1) is 11.6 Å². The number of fused-ring (bicyclic) bond motifs is 1. The molecule has 0 saturated heterocycles. The normalized spacial score (nSPS) is 11.0. The van der Waals surface area contributed by atoms with Crippen LogP contribution in [-0.2, 0) is 13.1 Å². The zero-order chi connectivity index (χ0) is 14.7. The van der Waals surface area contributed by atoms with Crippen molar-refractivity contribution in [3.05, 3.63) is 77.5 Å². The number of pyridine rings is 1. The van der Waals surface area contributed by atoms with Gasteiger partial charge in [0.1, 0.15) is 11.6 Å². The number of rotatable bonds is 4. The van der Waals surface area contributed by atoms with Gasteiger partial charge in [0, 0.05) is 30.2 Å². The molecule has 21 heavy (non-hydrogen) atoms. The van der Waals surface area contributed by atoms with Crippen LogP contribution >= 0.6 is 0 Å². The molecule has 0 bridgehead atoms. The summed E-state index contributed by atoms with van der Waals surface area (Å²) in [7, 11) is 0. The van der Waals surface area contributed by atoms with Gasteiger partial charge in [-0.3, -0.25) is 4.98 Å². The highest BCUT2D eigenvalue weighted by molar-refractivity contribution is 5.81. The van der Waals surface area contributed by atoms with E-state index in [1.165, 1.54) is 6.07 Å². The van der Waals surface area contributed by atoms with Crippen LogP contribution in [0.1, 0.15) is 11.1 Å². The fourth-order valence-corrected chi connectivity index (χ4v) is 2.32. The molecule has 0 aliphatic rings. The molecule has 0 aliphatic carbocycles. The summed E-state index contributed by atoms with van der Waals surface area (Å²) in [5.41, 5.74) is 2.28. The average Bonchev–Trinajstić information content (AvgIpc) is 2.51. The summed E-state index contributed by atoms with van der Waals surface area (Å²) in [6, 6.07) is 13.3. The monoisotopic (exact) mass is 284 g/mol. The molecule has 4 heteroatoms. The van der Waals surface area contributed by atoms with Crippen LogP contribution in [-0.4, -0.2) is 4.98 Å². The molecule has 0 aliphatic heterocycles. The molecule has 0 spiro atoms. The molecule has 1 heterocycles. The predicted octanol–water partition coefficient (Wildman–Crippen LogP) is 3.80. The number of nitrogens with one attached hydrogen (secondary N) is 1. The van der Waals surface area contributed by atoms with Gasteiger partial charge in [-0.2, -0.15) is 0 Å². The zero-order valence-corrected chi connectivity index (χ0v) is 11.3. The van der Waals surface area contributed by atoms with E-state index in [9.17, 15) is 8.78 Å². The Labute approximate surface area is 121 Å². The Hall–Kier alpha value is -2.33. The third-order valence-corrected chi connectivity index (χ3v) is 3.35. The van der Waals surface area contributed by atoms with Crippen molar-refractivity contribution in [1.29, 1.82) is 0 Å². The lowest BCUT2D eigenvalue weighted by molar-refractivity contribution is 0.569. The van der Waals surface area contributed by atoms with Gasteiger partial charge in [0.05, 0.1) is 5.52 Å². The molecule has 0 radical (unpaired) electrons. The van der Waals surface area contributed by atoms with Crippen molar-refractivity contribution in [1.82, 2.24) is 10.3 Å². The van der Waals surface area contributed by atoms with Crippen LogP contribution in [0.2, 0.25) is 0 Å². The van der Waals surface area contributed by atoms with Crippen molar-refractivity contribution in [2.45, 2.75) is 13.1 Å². The number of halogens is 2. The number of nitrogens with zero attached hydrogens (tertiary/aromatic N) is 1. The van der Waals surface area contributed by atoms with Crippen molar-refractivity contribution >= 4 is 10.9 Å². The molecule has 1 aromatic heterocycles. The first kappa shape index (κ1) is 13.6. The van der Waals surface area contributed by atoms with Gasteiger partial charge < -0.3 is 5.32 Å². The maximum Gasteiger partial charge on any atom is 0.127 e. The molecule has 0 fully saturated rings. The van der Waals surface area contributed by atoms with Gasteiger partial charge in [0.25, 0.3) is 0 Å². The van der Waals surface area contributed by atoms with Crippen LogP contribution in [0.15, 0.2) is 54.7 Å². The fourth-order valence-electron chi connectivity index (χ4n) is 2.32. The SMILES string of the molecule is Fc1ccc(F)c(CNCc2cccc3cccnc23)c1. The maximum atomic E-state index is 13.5. The van der Waals surface area contributed by atoms with Crippen LogP contribution in [0.25, 0.3) is 10.9 Å². The lowest BCUT2D eigenvalue weighted by Crippen LogP contribution is -2.14. The van der Waals surface area contributed by atoms with E-state index in [0.29, 0.717) is 12.1 Å². The lowest BCUT2D eigenvalue weighted by Gasteiger charge is -2.08. The third kappa shape index (κ3) is 3.06. The molecular weight excluding hydrogens is 270 g/mol. The van der Waals surface area contributed by atoms with E-state index in [1.54, 1.807) is 6.20 Å². The summed E-state index contributed by atoms with van der Waals surface area (Å²) in [4.78, 5) is 4.36. The highest BCUT2D eigenvalue weighted by atomic mass is 19.1. The summed E-state index contributed by atoms with van der Waals surface area (Å²) >= 11 is 0. The number of para-hydroxylation sites is 1. The first-order valence-corrected chi connectivity index (χ1v) is 6.71. The largest absolute Gasteiger partial charge is 0.308 e. The summed E-state index contributed by atoms with van der Waals surface area (Å²) < 4.78 is 26.6. The first-order valence-electron chi connectivity index (χ1n) is 6.71. The summed E-state index contributed by atoms with van der Waals surface area (Å²) in [6.07, 6.45) is 1.75. The minimum absolute atomic E-state index is 0.271. The minimum atomic E-state index is -0.431. The molecule has 0 saturated carbocycles. The van der Waals surface area contributed by atoms with Crippen LogP contribution in [0.5, 0.6) is 0 Å². The zero-order valence-electron chi connectivity index (χ0n) is 11.3. The quantitative estimate of drug-likeness (QED) is 0.788. The number of hydrogen-bond donors (Lipinski definition) is 1. The van der Waals surface area contributed by atoms with Gasteiger partial charge >= 0.3 is 0 Å². The minimum Gasteiger partial charge on any atom is -0.308 e. The van der Waals surface area contributed by atoms with E-state index in [4.69, 9.17) is 0 Å². The Morgan fingerprint density at radius 1 is 0.905 bits per heavy atom. The van der Waals surface area contributed by atoms with Crippen LogP contribution < -0.4 is 5.32 Å². The van der Waals surface area contributed by atoms with E-state index in [2.05, 4.69) is 10.3 Å². The smallest absolute Gasteiger partial charge is 0.127 e. The molecule has 0 amide bonds. The average molecular weight is 284 g/mol. The maximum absolute atomic E-state index is 13.5. The topological polar surface area (TPSA) is 24.9 Å². The number of benzene rings is 2. The van der Waals surface area contributed by atoms with Gasteiger partial charge in [-0.1, -0.05) is 24.3 Å². The van der Waals surface area contributed by atoms with Gasteiger partial charge in [0.2, 0.25) is 0 Å². The first-order chi connectivity index (χ1) is 10.2. The highest BCUT2D eigenvalue weighted by Gasteiger charge is 2.05. The summed E-state index contributed by atoms with van der Waals surface area (Å²) in [5.74, 6) is -0.833. The van der Waals surface area contributed by atoms with E-state index >= 15 is 0 Å². The van der Waals surface area contributed by atoms with E-state index < -0.39 is 11.6 Å². The molecule has 3 aromatic rings. The molecule has 106 valence electrons. The second-order valence-electron chi connectivity index (χ2n) is 4.83. The van der Waals surface area contributed by atoms with E-state index in [-0.39, 0.29) is 6.54 Å². The molecule has 3 rings (SSSR count). The summed E-state index contributed by atoms with van der Waals surface area (Å²) in [5, 5.41) is 4.20. The van der Waals surface area contributed by atoms with Gasteiger partial charge in [0.15, 0.2) is 0 Å². The second kappa shape index (κ2) is 5.97. The van der Waals surface area contributed by atoms with Crippen molar-refractivity contribution in [2.24, 2.45) is 0 Å². The highest BCUT2D eigenvalue weighted by Crippen LogP contribution is 2.16. The van der Waals surface area contributed by atoms with Gasteiger partial charge in [-0.25, -0.2) is 8.78 Å². The van der Waals surface area contributed by atoms with E-state index in [1.807, 2.05) is 30.3 Å². The molecule has 0 atom stereocenters. The van der Waals surface area contributed by atoms with Gasteiger partial charge in [-0.05, 0) is 29.8 Å². The Morgan fingerprint density at radius 2 is 1.71 bits per heavy atom. The fraction of sp³-hybridized carbons (Fsp3) is 0.118. The Bertz CT molecular complexity index is 766. The molecule has 2 aromatic carbocycles. The standard InChI is InChI=1S/C17H14F2N2/c18-15-6-7-16(19)14(9-15)11-20-10-13-4-1-3-12-5-2-8-21-17(12)13/h1-9,20H,10-11H2. The molecule has 2 nitrogen and oxygen atoms in total. The Morgan fingerprint density at radius 3 is 2.62 bits per heavy atom. The van der Waals surface area contributed by atoms with Crippen molar-refractivity contribution < 1.29 is 8.78 Å². The number of hydrogen-bond acceptors (Lipinski definition) is 2. The van der Waals surface area contributed by atoms with Crippen LogP contribution in [0.3, 0.4) is 0 Å². The van der Waals surface area contributed by atoms with Crippen molar-refractivity contribution in [3.63, 3.8) is 0 Å². The number of aromatic nitrogens is 1. The predicted molar refractivity (Wildman–Crippen MR) is 78.6 cm³/mol. The van der Waals surface area contributed by atoms with E-state index in [0.717, 1.165) is 28.6 Å². The van der Waals surface area contributed by atoms with Crippen molar-refractivity contribution in [3.8, 4) is 0 Å². The Kier molecular flexibility index (Phi) is 3.88. The third-order valence-electron chi connectivity index (χ3n) is 3.35.